The number of nitrogens with one attached hydrogen (secondary N) is 1. The monoisotopic (exact) mass is 379 g/mol. The number of nitrogens with zero attached hydrogens (tertiary/aromatic N) is 4. The average molecular weight is 379 g/mol. The molecule has 2 aliphatic heterocycles. The van der Waals surface area contributed by atoms with Crippen LogP contribution in [0.5, 0.6) is 0 Å². The van der Waals surface area contributed by atoms with E-state index in [9.17, 15) is 9.59 Å². The molecule has 3 amide bonds. The molecular weight excluding hydrogens is 350 g/mol. The van der Waals surface area contributed by atoms with E-state index in [1.807, 2.05) is 10.7 Å². The van der Waals surface area contributed by atoms with Gasteiger partial charge in [0.15, 0.2) is 0 Å². The summed E-state index contributed by atoms with van der Waals surface area (Å²) in [5.41, 5.74) is 1.76. The van der Waals surface area contributed by atoms with Crippen LogP contribution in [-0.4, -0.2) is 78.1 Å². The highest BCUT2D eigenvalue weighted by atomic mass is 16.5. The first kappa shape index (κ1) is 19.6. The maximum Gasteiger partial charge on any atom is 0.319 e. The smallest absolute Gasteiger partial charge is 0.319 e. The summed E-state index contributed by atoms with van der Waals surface area (Å²) < 4.78 is 12.9. The number of aromatic nitrogens is 2. The number of hydrogen-bond donors (Lipinski definition) is 1. The summed E-state index contributed by atoms with van der Waals surface area (Å²) in [6, 6.07) is 1.93. The molecule has 0 saturated carbocycles. The molecule has 1 unspecified atom stereocenters. The summed E-state index contributed by atoms with van der Waals surface area (Å²) >= 11 is 0. The van der Waals surface area contributed by atoms with Crippen molar-refractivity contribution in [2.24, 2.45) is 0 Å². The van der Waals surface area contributed by atoms with Gasteiger partial charge in [0.2, 0.25) is 5.91 Å². The van der Waals surface area contributed by atoms with Crippen molar-refractivity contribution in [1.82, 2.24) is 24.9 Å². The second-order valence-corrected chi connectivity index (χ2v) is 7.23. The Hall–Kier alpha value is -2.13. The lowest BCUT2D eigenvalue weighted by Crippen LogP contribution is -2.43. The van der Waals surface area contributed by atoms with E-state index in [1.165, 1.54) is 0 Å². The molecule has 1 aromatic heterocycles. The largest absolute Gasteiger partial charge is 0.376 e. The molecule has 0 bridgehead atoms. The molecule has 1 fully saturated rings. The lowest BCUT2D eigenvalue weighted by molar-refractivity contribution is -0.128. The fourth-order valence-corrected chi connectivity index (χ4v) is 3.32. The van der Waals surface area contributed by atoms with Gasteiger partial charge >= 0.3 is 6.03 Å². The van der Waals surface area contributed by atoms with Crippen LogP contribution >= 0.6 is 0 Å². The van der Waals surface area contributed by atoms with Crippen molar-refractivity contribution in [3.63, 3.8) is 0 Å². The average Bonchev–Trinajstić information content (AvgIpc) is 3.08. The molecule has 0 spiro atoms. The van der Waals surface area contributed by atoms with E-state index in [0.717, 1.165) is 37.3 Å². The fraction of sp³-hybridized carbons (Fsp3) is 0.722. The zero-order chi connectivity index (χ0) is 19.2. The molecule has 9 heteroatoms. The fourth-order valence-electron chi connectivity index (χ4n) is 3.32. The van der Waals surface area contributed by atoms with Gasteiger partial charge in [0.25, 0.3) is 0 Å². The Morgan fingerprint density at radius 2 is 2.22 bits per heavy atom. The summed E-state index contributed by atoms with van der Waals surface area (Å²) in [7, 11) is 3.50. The predicted octanol–water partition coefficient (Wildman–Crippen LogP) is 0.582. The van der Waals surface area contributed by atoms with E-state index >= 15 is 0 Å². The number of fused-ring (bicyclic) bond motifs is 1. The Labute approximate surface area is 159 Å². The maximum atomic E-state index is 12.1. The van der Waals surface area contributed by atoms with Gasteiger partial charge in [0.05, 0.1) is 43.7 Å². The van der Waals surface area contributed by atoms with Crippen LogP contribution in [0.3, 0.4) is 0 Å². The van der Waals surface area contributed by atoms with Gasteiger partial charge in [-0.15, -0.1) is 0 Å². The second kappa shape index (κ2) is 9.18. The van der Waals surface area contributed by atoms with E-state index in [4.69, 9.17) is 9.47 Å². The Balaban J connectivity index is 1.40. The highest BCUT2D eigenvalue weighted by molar-refractivity contribution is 5.77. The molecule has 150 valence electrons. The van der Waals surface area contributed by atoms with Gasteiger partial charge in [-0.3, -0.25) is 9.48 Å². The molecule has 27 heavy (non-hydrogen) atoms. The standard InChI is InChI=1S/C18H29N5O4/c1-21(2)18(25)22-6-7-23-15(11-22)9-14(20-23)10-19-17(24)13-26-12-16-5-3-4-8-27-16/h9,16H,3-8,10-13H2,1-2H3,(H,19,24). The number of carbonyl (C=O) groups is 2. The van der Waals surface area contributed by atoms with Crippen molar-refractivity contribution in [2.75, 3.05) is 40.5 Å². The molecule has 3 heterocycles. The summed E-state index contributed by atoms with van der Waals surface area (Å²) in [5, 5.41) is 7.33. The van der Waals surface area contributed by atoms with Crippen LogP contribution < -0.4 is 5.32 Å². The van der Waals surface area contributed by atoms with Gasteiger partial charge in [-0.1, -0.05) is 0 Å². The summed E-state index contributed by atoms with van der Waals surface area (Å²) in [4.78, 5) is 27.4. The molecule has 1 atom stereocenters. The van der Waals surface area contributed by atoms with Crippen LogP contribution in [0.2, 0.25) is 0 Å². The first-order valence-corrected chi connectivity index (χ1v) is 9.51. The maximum absolute atomic E-state index is 12.1. The normalized spacial score (nSPS) is 19.5. The minimum absolute atomic E-state index is 0.00334. The van der Waals surface area contributed by atoms with Gasteiger partial charge in [-0.25, -0.2) is 4.79 Å². The molecule has 1 saturated heterocycles. The SMILES string of the molecule is CN(C)C(=O)N1CCn2nc(CNC(=O)COCC3CCCCO3)cc2C1. The second-order valence-electron chi connectivity index (χ2n) is 7.23. The quantitative estimate of drug-likeness (QED) is 0.781. The van der Waals surface area contributed by atoms with Gasteiger partial charge in [-0.2, -0.15) is 5.10 Å². The summed E-state index contributed by atoms with van der Waals surface area (Å²) in [5.74, 6) is -0.166. The molecule has 2 aliphatic rings. The highest BCUT2D eigenvalue weighted by Gasteiger charge is 2.23. The first-order valence-electron chi connectivity index (χ1n) is 9.51. The van der Waals surface area contributed by atoms with E-state index in [-0.39, 0.29) is 24.6 Å². The van der Waals surface area contributed by atoms with Crippen LogP contribution in [-0.2, 0) is 33.9 Å². The minimum atomic E-state index is -0.166. The molecule has 1 aromatic rings. The van der Waals surface area contributed by atoms with Crippen LogP contribution in [0, 0.1) is 0 Å². The zero-order valence-electron chi connectivity index (χ0n) is 16.1. The molecule has 0 radical (unpaired) electrons. The number of ether oxygens (including phenoxy) is 2. The molecule has 0 aliphatic carbocycles. The van der Waals surface area contributed by atoms with E-state index in [0.29, 0.717) is 32.8 Å². The Morgan fingerprint density at radius 1 is 1.37 bits per heavy atom. The van der Waals surface area contributed by atoms with Crippen molar-refractivity contribution < 1.29 is 19.1 Å². The zero-order valence-corrected chi connectivity index (χ0v) is 16.1. The Kier molecular flexibility index (Phi) is 6.68. The highest BCUT2D eigenvalue weighted by Crippen LogP contribution is 2.15. The predicted molar refractivity (Wildman–Crippen MR) is 98.0 cm³/mol. The Morgan fingerprint density at radius 3 is 2.96 bits per heavy atom. The Bertz CT molecular complexity index is 654. The summed E-state index contributed by atoms with van der Waals surface area (Å²) in [6.45, 7) is 3.44. The van der Waals surface area contributed by atoms with E-state index in [1.54, 1.807) is 23.9 Å². The molecule has 1 N–H and O–H groups in total. The number of rotatable bonds is 6. The molecule has 3 rings (SSSR count). The van der Waals surface area contributed by atoms with Crippen LogP contribution in [0.1, 0.15) is 30.7 Å². The first-order chi connectivity index (χ1) is 13.0. The van der Waals surface area contributed by atoms with Crippen LogP contribution in [0.15, 0.2) is 6.07 Å². The van der Waals surface area contributed by atoms with E-state index < -0.39 is 0 Å². The van der Waals surface area contributed by atoms with Crippen molar-refractivity contribution in [3.8, 4) is 0 Å². The third-order valence-corrected chi connectivity index (χ3v) is 4.78. The number of amides is 3. The number of carbonyl (C=O) groups excluding carboxylic acids is 2. The number of hydrogen-bond acceptors (Lipinski definition) is 5. The lowest BCUT2D eigenvalue weighted by atomic mass is 10.1. The third-order valence-electron chi connectivity index (χ3n) is 4.78. The van der Waals surface area contributed by atoms with Crippen molar-refractivity contribution in [1.29, 1.82) is 0 Å². The van der Waals surface area contributed by atoms with Crippen LogP contribution in [0.4, 0.5) is 4.79 Å². The van der Waals surface area contributed by atoms with Gasteiger partial charge in [-0.05, 0) is 25.3 Å². The molecule has 0 aromatic carbocycles. The lowest BCUT2D eigenvalue weighted by Gasteiger charge is -2.29. The molecular formula is C18H29N5O4. The van der Waals surface area contributed by atoms with Crippen molar-refractivity contribution >= 4 is 11.9 Å². The van der Waals surface area contributed by atoms with Gasteiger partial charge in [0.1, 0.15) is 6.61 Å². The van der Waals surface area contributed by atoms with Crippen LogP contribution in [0.25, 0.3) is 0 Å². The van der Waals surface area contributed by atoms with Crippen molar-refractivity contribution in [3.05, 3.63) is 17.5 Å². The topological polar surface area (TPSA) is 88.9 Å². The number of urea groups is 1. The van der Waals surface area contributed by atoms with Crippen molar-refractivity contribution in [2.45, 2.75) is 45.0 Å². The molecule has 9 nitrogen and oxygen atoms in total. The third kappa shape index (κ3) is 5.43. The van der Waals surface area contributed by atoms with Gasteiger partial charge < -0.3 is 24.6 Å². The van der Waals surface area contributed by atoms with Gasteiger partial charge in [0, 0.05) is 27.2 Å². The minimum Gasteiger partial charge on any atom is -0.376 e. The van der Waals surface area contributed by atoms with E-state index in [2.05, 4.69) is 10.4 Å². The summed E-state index contributed by atoms with van der Waals surface area (Å²) in [6.07, 6.45) is 3.37.